The molecule has 0 aromatic carbocycles. The van der Waals surface area contributed by atoms with E-state index in [1.165, 1.54) is 19.1 Å². The molecule has 3 aliphatic rings. The van der Waals surface area contributed by atoms with Crippen LogP contribution in [0.25, 0.3) is 0 Å². The van der Waals surface area contributed by atoms with Crippen molar-refractivity contribution in [2.75, 3.05) is 13.2 Å². The molecule has 43 valence electrons. The molecular formula is C6H8NO. The molecule has 1 saturated carbocycles. The monoisotopic (exact) mass is 110 g/mol. The highest BCUT2D eigenvalue weighted by molar-refractivity contribution is 5.35. The maximum Gasteiger partial charge on any atom is 0.185 e. The van der Waals surface area contributed by atoms with Crippen molar-refractivity contribution >= 4 is 0 Å². The minimum atomic E-state index is 0.540. The average Bonchev–Trinajstić information content (AvgIpc) is 2.60. The first-order valence-corrected chi connectivity index (χ1v) is 3.21. The molecule has 3 rings (SSSR count). The summed E-state index contributed by atoms with van der Waals surface area (Å²) in [6.45, 7) is 2.10. The third-order valence-corrected chi connectivity index (χ3v) is 2.39. The average molecular weight is 110 g/mol. The maximum atomic E-state index is 5.35. The van der Waals surface area contributed by atoms with E-state index in [0.29, 0.717) is 5.54 Å². The summed E-state index contributed by atoms with van der Waals surface area (Å²) in [6, 6.07) is 0. The van der Waals surface area contributed by atoms with E-state index in [4.69, 9.17) is 4.74 Å². The standard InChI is InChI=1S/C6H8NO/c1-2-6(1)5-7(6)3-4-8-5/h1-4H2. The normalized spacial score (nSPS) is 47.2. The number of hydrogen-bond acceptors (Lipinski definition) is 2. The van der Waals surface area contributed by atoms with Gasteiger partial charge in [-0.25, -0.2) is 0 Å². The lowest BCUT2D eigenvalue weighted by molar-refractivity contribution is 0.218. The van der Waals surface area contributed by atoms with Gasteiger partial charge in [-0.1, -0.05) is 0 Å². The lowest BCUT2D eigenvalue weighted by Gasteiger charge is -1.93. The minimum Gasteiger partial charge on any atom is -0.352 e. The maximum absolute atomic E-state index is 5.35. The minimum absolute atomic E-state index is 0.540. The van der Waals surface area contributed by atoms with Crippen LogP contribution in [-0.4, -0.2) is 23.6 Å². The van der Waals surface area contributed by atoms with Crippen molar-refractivity contribution in [3.63, 3.8) is 0 Å². The lowest BCUT2D eigenvalue weighted by atomic mass is 10.4. The van der Waals surface area contributed by atoms with Gasteiger partial charge in [0.05, 0.1) is 12.1 Å². The van der Waals surface area contributed by atoms with Crippen LogP contribution >= 0.6 is 0 Å². The molecule has 1 radical (unpaired) electrons. The second-order valence-corrected chi connectivity index (χ2v) is 2.84. The van der Waals surface area contributed by atoms with Gasteiger partial charge in [-0.3, -0.25) is 4.90 Å². The van der Waals surface area contributed by atoms with E-state index in [9.17, 15) is 0 Å². The summed E-state index contributed by atoms with van der Waals surface area (Å²) in [5.74, 6) is 0. The fourth-order valence-corrected chi connectivity index (χ4v) is 1.71. The molecule has 1 spiro atoms. The summed E-state index contributed by atoms with van der Waals surface area (Å²) in [6.07, 6.45) is 4.03. The Labute approximate surface area is 48.4 Å². The molecule has 3 fully saturated rings. The number of ether oxygens (including phenoxy) is 1. The number of morpholine rings is 1. The van der Waals surface area contributed by atoms with Crippen molar-refractivity contribution < 1.29 is 4.74 Å². The fraction of sp³-hybridized carbons (Fsp3) is 0.833. The molecular weight excluding hydrogens is 102 g/mol. The SMILES string of the molecule is C1CN2[C](O1)C21CC1. The van der Waals surface area contributed by atoms with Gasteiger partial charge >= 0.3 is 0 Å². The molecule has 0 aromatic heterocycles. The first kappa shape index (κ1) is 3.85. The van der Waals surface area contributed by atoms with Gasteiger partial charge in [0, 0.05) is 6.54 Å². The Kier molecular flexibility index (Phi) is 0.408. The zero-order valence-electron chi connectivity index (χ0n) is 4.68. The third-order valence-electron chi connectivity index (χ3n) is 2.39. The molecule has 0 amide bonds. The Morgan fingerprint density at radius 3 is 2.75 bits per heavy atom. The third kappa shape index (κ3) is 0.231. The van der Waals surface area contributed by atoms with E-state index in [-0.39, 0.29) is 0 Å². The van der Waals surface area contributed by atoms with Crippen LogP contribution in [0.15, 0.2) is 0 Å². The van der Waals surface area contributed by atoms with E-state index >= 15 is 0 Å². The van der Waals surface area contributed by atoms with Crippen LogP contribution in [0.1, 0.15) is 12.8 Å². The van der Waals surface area contributed by atoms with Crippen molar-refractivity contribution in [2.24, 2.45) is 0 Å². The summed E-state index contributed by atoms with van der Waals surface area (Å²) in [5.41, 5.74) is 0.540. The van der Waals surface area contributed by atoms with E-state index in [0.717, 1.165) is 13.2 Å². The lowest BCUT2D eigenvalue weighted by Crippen LogP contribution is -2.06. The molecule has 2 heterocycles. The molecule has 1 atom stereocenters. The van der Waals surface area contributed by atoms with Gasteiger partial charge in [0.1, 0.15) is 0 Å². The zero-order chi connectivity index (χ0) is 5.19. The fourth-order valence-electron chi connectivity index (χ4n) is 1.71. The van der Waals surface area contributed by atoms with E-state index < -0.39 is 0 Å². The molecule has 0 N–H and O–H groups in total. The van der Waals surface area contributed by atoms with E-state index in [1.807, 2.05) is 0 Å². The van der Waals surface area contributed by atoms with Gasteiger partial charge in [0.25, 0.3) is 0 Å². The Bertz CT molecular complexity index is 129. The largest absolute Gasteiger partial charge is 0.352 e. The van der Waals surface area contributed by atoms with Gasteiger partial charge in [0.2, 0.25) is 0 Å². The second-order valence-electron chi connectivity index (χ2n) is 2.84. The molecule has 8 heavy (non-hydrogen) atoms. The molecule has 2 nitrogen and oxygen atoms in total. The number of rotatable bonds is 0. The quantitative estimate of drug-likeness (QED) is 0.417. The van der Waals surface area contributed by atoms with Crippen LogP contribution < -0.4 is 0 Å². The first-order valence-electron chi connectivity index (χ1n) is 3.21. The summed E-state index contributed by atoms with van der Waals surface area (Å²) in [4.78, 5) is 2.40. The van der Waals surface area contributed by atoms with Gasteiger partial charge in [-0.2, -0.15) is 0 Å². The molecule has 1 aliphatic carbocycles. The smallest absolute Gasteiger partial charge is 0.185 e. The van der Waals surface area contributed by atoms with Crippen molar-refractivity contribution in [2.45, 2.75) is 18.4 Å². The van der Waals surface area contributed by atoms with E-state index in [2.05, 4.69) is 4.90 Å². The Morgan fingerprint density at radius 2 is 2.38 bits per heavy atom. The highest BCUT2D eigenvalue weighted by Gasteiger charge is 2.74. The highest BCUT2D eigenvalue weighted by atomic mass is 16.5. The predicted octanol–water partition coefficient (Wildman–Crippen LogP) is 0.354. The Hall–Kier alpha value is -0.0800. The van der Waals surface area contributed by atoms with Crippen LogP contribution in [0.3, 0.4) is 0 Å². The topological polar surface area (TPSA) is 12.2 Å². The highest BCUT2D eigenvalue weighted by Crippen LogP contribution is 2.67. The van der Waals surface area contributed by atoms with Crippen LogP contribution in [0.4, 0.5) is 0 Å². The molecule has 2 saturated heterocycles. The summed E-state index contributed by atoms with van der Waals surface area (Å²) in [5, 5.41) is 0. The van der Waals surface area contributed by atoms with Gasteiger partial charge in [-0.15, -0.1) is 0 Å². The van der Waals surface area contributed by atoms with Gasteiger partial charge in [-0.05, 0) is 12.8 Å². The number of nitrogens with zero attached hydrogens (tertiary/aromatic N) is 1. The molecule has 0 bridgehead atoms. The van der Waals surface area contributed by atoms with Crippen LogP contribution in [0, 0.1) is 6.23 Å². The number of fused-ring (bicyclic) bond motifs is 3. The molecule has 2 aliphatic heterocycles. The summed E-state index contributed by atoms with van der Waals surface area (Å²) >= 11 is 0. The predicted molar refractivity (Wildman–Crippen MR) is 27.9 cm³/mol. The van der Waals surface area contributed by atoms with Gasteiger partial charge in [0.15, 0.2) is 6.23 Å². The molecule has 2 heteroatoms. The molecule has 0 aromatic rings. The summed E-state index contributed by atoms with van der Waals surface area (Å²) in [7, 11) is 0. The molecule has 1 unspecified atom stereocenters. The summed E-state index contributed by atoms with van der Waals surface area (Å²) < 4.78 is 5.35. The van der Waals surface area contributed by atoms with E-state index in [1.54, 1.807) is 0 Å². The van der Waals surface area contributed by atoms with Crippen LogP contribution in [-0.2, 0) is 4.74 Å². The van der Waals surface area contributed by atoms with Crippen molar-refractivity contribution in [1.82, 2.24) is 4.90 Å². The van der Waals surface area contributed by atoms with Crippen molar-refractivity contribution in [3.05, 3.63) is 6.23 Å². The number of hydrogen-bond donors (Lipinski definition) is 0. The van der Waals surface area contributed by atoms with Crippen molar-refractivity contribution in [3.8, 4) is 0 Å². The first-order chi connectivity index (χ1) is 3.93. The van der Waals surface area contributed by atoms with Gasteiger partial charge < -0.3 is 4.74 Å². The van der Waals surface area contributed by atoms with Crippen LogP contribution in [0.5, 0.6) is 0 Å². The van der Waals surface area contributed by atoms with Crippen molar-refractivity contribution in [1.29, 1.82) is 0 Å². The zero-order valence-corrected chi connectivity index (χ0v) is 4.68. The Balaban J connectivity index is 1.94. The van der Waals surface area contributed by atoms with Crippen LogP contribution in [0.2, 0.25) is 0 Å². The Morgan fingerprint density at radius 1 is 1.50 bits per heavy atom. The second kappa shape index (κ2) is 0.847.